The van der Waals surface area contributed by atoms with Gasteiger partial charge >= 0.3 is 5.97 Å². The average molecular weight is 307 g/mol. The molecule has 0 saturated heterocycles. The molecular formula is C16H18FNO2S. The van der Waals surface area contributed by atoms with Crippen molar-refractivity contribution < 1.29 is 14.3 Å². The number of aryl methyl sites for hydroxylation is 1. The Kier molecular flexibility index (Phi) is 4.75. The quantitative estimate of drug-likeness (QED) is 0.904. The van der Waals surface area contributed by atoms with Gasteiger partial charge in [-0.05, 0) is 38.6 Å². The molecule has 5 heteroatoms. The Morgan fingerprint density at radius 1 is 1.43 bits per heavy atom. The fraction of sp³-hybridized carbons (Fsp3) is 0.312. The molecule has 2 aromatic rings. The molecule has 2 rings (SSSR count). The highest BCUT2D eigenvalue weighted by Crippen LogP contribution is 2.27. The Bertz CT molecular complexity index is 653. The highest BCUT2D eigenvalue weighted by atomic mass is 32.1. The summed E-state index contributed by atoms with van der Waals surface area (Å²) in [4.78, 5) is 14.3. The van der Waals surface area contributed by atoms with Gasteiger partial charge in [-0.3, -0.25) is 4.90 Å². The zero-order chi connectivity index (χ0) is 15.6. The smallest absolute Gasteiger partial charge is 0.345 e. The van der Waals surface area contributed by atoms with Crippen LogP contribution >= 0.6 is 11.3 Å². The van der Waals surface area contributed by atoms with Crippen LogP contribution in [0, 0.1) is 12.7 Å². The first-order valence-corrected chi connectivity index (χ1v) is 7.49. The number of aromatic carboxylic acids is 1. The summed E-state index contributed by atoms with van der Waals surface area (Å²) in [7, 11) is 1.91. The predicted octanol–water partition coefficient (Wildman–Crippen LogP) is 4.09. The Morgan fingerprint density at radius 3 is 2.67 bits per heavy atom. The first-order chi connectivity index (χ1) is 9.90. The SMILES string of the molecule is Cc1sc(C(=O)O)cc1CN(C)C(C)c1ccccc1F. The van der Waals surface area contributed by atoms with Crippen LogP contribution in [0.2, 0.25) is 0 Å². The molecule has 0 aliphatic heterocycles. The summed E-state index contributed by atoms with van der Waals surface area (Å²) in [5.74, 6) is -1.12. The van der Waals surface area contributed by atoms with Gasteiger partial charge in [0.1, 0.15) is 10.7 Å². The highest BCUT2D eigenvalue weighted by Gasteiger charge is 2.18. The molecule has 1 unspecified atom stereocenters. The standard InChI is InChI=1S/C16H18FNO2S/c1-10(13-6-4-5-7-14(13)17)18(3)9-12-8-15(16(19)20)21-11(12)2/h4-8,10H,9H2,1-3H3,(H,19,20). The lowest BCUT2D eigenvalue weighted by atomic mass is 10.1. The lowest BCUT2D eigenvalue weighted by Crippen LogP contribution is -2.22. The van der Waals surface area contributed by atoms with Gasteiger partial charge < -0.3 is 5.11 Å². The maximum absolute atomic E-state index is 13.8. The van der Waals surface area contributed by atoms with E-state index in [2.05, 4.69) is 0 Å². The summed E-state index contributed by atoms with van der Waals surface area (Å²) in [6, 6.07) is 8.35. The normalized spacial score (nSPS) is 12.6. The molecule has 0 saturated carbocycles. The molecule has 0 spiro atoms. The Balaban J connectivity index is 2.16. The summed E-state index contributed by atoms with van der Waals surface area (Å²) in [6.07, 6.45) is 0. The molecule has 1 N–H and O–H groups in total. The van der Waals surface area contributed by atoms with Gasteiger partial charge in [0.25, 0.3) is 0 Å². The van der Waals surface area contributed by atoms with Crippen molar-refractivity contribution in [3.8, 4) is 0 Å². The minimum Gasteiger partial charge on any atom is -0.477 e. The third kappa shape index (κ3) is 3.49. The van der Waals surface area contributed by atoms with Crippen LogP contribution in [0.15, 0.2) is 30.3 Å². The molecule has 0 aliphatic rings. The van der Waals surface area contributed by atoms with Gasteiger partial charge in [0.15, 0.2) is 0 Å². The topological polar surface area (TPSA) is 40.5 Å². The largest absolute Gasteiger partial charge is 0.477 e. The molecule has 0 fully saturated rings. The number of rotatable bonds is 5. The number of benzene rings is 1. The Morgan fingerprint density at radius 2 is 2.10 bits per heavy atom. The van der Waals surface area contributed by atoms with E-state index in [0.717, 1.165) is 10.4 Å². The van der Waals surface area contributed by atoms with Gasteiger partial charge in [-0.2, -0.15) is 0 Å². The summed E-state index contributed by atoms with van der Waals surface area (Å²) in [5, 5.41) is 9.03. The number of carboxylic acids is 1. The molecule has 1 atom stereocenters. The molecular weight excluding hydrogens is 289 g/mol. The molecule has 112 valence electrons. The summed E-state index contributed by atoms with van der Waals surface area (Å²) in [5.41, 5.74) is 1.62. The third-order valence-corrected chi connectivity index (χ3v) is 4.75. The second-order valence-electron chi connectivity index (χ2n) is 5.11. The lowest BCUT2D eigenvalue weighted by Gasteiger charge is -2.25. The Hall–Kier alpha value is -1.72. The van der Waals surface area contributed by atoms with E-state index in [-0.39, 0.29) is 11.9 Å². The number of halogens is 1. The number of hydrogen-bond donors (Lipinski definition) is 1. The zero-order valence-corrected chi connectivity index (χ0v) is 13.1. The van der Waals surface area contributed by atoms with Gasteiger partial charge in [0.2, 0.25) is 0 Å². The van der Waals surface area contributed by atoms with E-state index < -0.39 is 5.97 Å². The van der Waals surface area contributed by atoms with Crippen LogP contribution in [-0.4, -0.2) is 23.0 Å². The number of carbonyl (C=O) groups is 1. The van der Waals surface area contributed by atoms with Gasteiger partial charge in [-0.15, -0.1) is 11.3 Å². The minimum absolute atomic E-state index is 0.0845. The third-order valence-electron chi connectivity index (χ3n) is 3.67. The zero-order valence-electron chi connectivity index (χ0n) is 12.3. The van der Waals surface area contributed by atoms with Crippen LogP contribution in [0.5, 0.6) is 0 Å². The van der Waals surface area contributed by atoms with Crippen molar-refractivity contribution in [3.05, 3.63) is 57.0 Å². The minimum atomic E-state index is -0.904. The first-order valence-electron chi connectivity index (χ1n) is 6.67. The van der Waals surface area contributed by atoms with E-state index in [1.807, 2.05) is 31.9 Å². The summed E-state index contributed by atoms with van der Waals surface area (Å²) in [6.45, 7) is 4.44. The summed E-state index contributed by atoms with van der Waals surface area (Å²) < 4.78 is 13.8. The van der Waals surface area contributed by atoms with Crippen LogP contribution in [0.1, 0.15) is 38.6 Å². The summed E-state index contributed by atoms with van der Waals surface area (Å²) >= 11 is 1.27. The van der Waals surface area contributed by atoms with E-state index >= 15 is 0 Å². The van der Waals surface area contributed by atoms with E-state index in [9.17, 15) is 9.18 Å². The van der Waals surface area contributed by atoms with E-state index in [1.54, 1.807) is 18.2 Å². The maximum atomic E-state index is 13.8. The average Bonchev–Trinajstić information content (AvgIpc) is 2.80. The van der Waals surface area contributed by atoms with Gasteiger partial charge in [0, 0.05) is 23.0 Å². The molecule has 0 radical (unpaired) electrons. The van der Waals surface area contributed by atoms with Crippen LogP contribution in [0.4, 0.5) is 4.39 Å². The molecule has 21 heavy (non-hydrogen) atoms. The predicted molar refractivity (Wildman–Crippen MR) is 82.3 cm³/mol. The van der Waals surface area contributed by atoms with Crippen LogP contribution < -0.4 is 0 Å². The van der Waals surface area contributed by atoms with Gasteiger partial charge in [-0.1, -0.05) is 18.2 Å². The van der Waals surface area contributed by atoms with Crippen LogP contribution in [0.3, 0.4) is 0 Å². The number of hydrogen-bond acceptors (Lipinski definition) is 3. The monoisotopic (exact) mass is 307 g/mol. The number of thiophene rings is 1. The van der Waals surface area contributed by atoms with Crippen molar-refractivity contribution in [1.29, 1.82) is 0 Å². The molecule has 1 heterocycles. The van der Waals surface area contributed by atoms with Crippen molar-refractivity contribution in [2.75, 3.05) is 7.05 Å². The molecule has 0 amide bonds. The lowest BCUT2D eigenvalue weighted by molar-refractivity contribution is 0.0702. The number of carboxylic acid groups (broad SMARTS) is 1. The van der Waals surface area contributed by atoms with Crippen molar-refractivity contribution in [2.45, 2.75) is 26.4 Å². The number of nitrogens with zero attached hydrogens (tertiary/aromatic N) is 1. The van der Waals surface area contributed by atoms with Crippen molar-refractivity contribution >= 4 is 17.3 Å². The molecule has 3 nitrogen and oxygen atoms in total. The van der Waals surface area contributed by atoms with Crippen LogP contribution in [-0.2, 0) is 6.54 Å². The van der Waals surface area contributed by atoms with Gasteiger partial charge in [-0.25, -0.2) is 9.18 Å². The fourth-order valence-electron chi connectivity index (χ4n) is 2.24. The van der Waals surface area contributed by atoms with Crippen molar-refractivity contribution in [1.82, 2.24) is 4.90 Å². The fourth-order valence-corrected chi connectivity index (χ4v) is 3.11. The van der Waals surface area contributed by atoms with E-state index in [1.165, 1.54) is 17.4 Å². The second kappa shape index (κ2) is 6.37. The first kappa shape index (κ1) is 15.7. The Labute approximate surface area is 127 Å². The van der Waals surface area contributed by atoms with Crippen molar-refractivity contribution in [3.63, 3.8) is 0 Å². The van der Waals surface area contributed by atoms with E-state index in [0.29, 0.717) is 17.0 Å². The second-order valence-corrected chi connectivity index (χ2v) is 6.37. The molecule has 1 aromatic carbocycles. The van der Waals surface area contributed by atoms with Crippen LogP contribution in [0.25, 0.3) is 0 Å². The molecule has 0 aliphatic carbocycles. The van der Waals surface area contributed by atoms with Crippen molar-refractivity contribution in [2.24, 2.45) is 0 Å². The van der Waals surface area contributed by atoms with Gasteiger partial charge in [0.05, 0.1) is 0 Å². The maximum Gasteiger partial charge on any atom is 0.345 e. The molecule has 0 bridgehead atoms. The van der Waals surface area contributed by atoms with E-state index in [4.69, 9.17) is 5.11 Å². The highest BCUT2D eigenvalue weighted by molar-refractivity contribution is 7.14. The molecule has 1 aromatic heterocycles.